The number of nitrogens with zero attached hydrogens (tertiary/aromatic N) is 6. The number of carbonyl (C=O) groups is 1. The first-order chi connectivity index (χ1) is 12.7. The van der Waals surface area contributed by atoms with Gasteiger partial charge in [-0.1, -0.05) is 0 Å². The van der Waals surface area contributed by atoms with Crippen molar-refractivity contribution in [1.29, 1.82) is 0 Å². The molecule has 1 N–H and O–H groups in total. The van der Waals surface area contributed by atoms with Crippen LogP contribution in [0.4, 0.5) is 11.6 Å². The second kappa shape index (κ2) is 8.41. The highest BCUT2D eigenvalue weighted by atomic mass is 16.5. The number of carbonyl (C=O) groups excluding carboxylic acids is 1. The van der Waals surface area contributed by atoms with Crippen molar-refractivity contribution in [3.05, 3.63) is 30.4 Å². The Hall–Kier alpha value is -2.97. The van der Waals surface area contributed by atoms with E-state index in [9.17, 15) is 4.79 Å². The molecule has 0 unspecified atom stereocenters. The molecule has 2 aromatic heterocycles. The monoisotopic (exact) mass is 357 g/mol. The average molecular weight is 357 g/mol. The Labute approximate surface area is 152 Å². The molecule has 0 radical (unpaired) electrons. The number of aromatic nitrogens is 4. The number of nitrogens with one attached hydrogen (secondary N) is 1. The lowest BCUT2D eigenvalue weighted by molar-refractivity contribution is -0.133. The summed E-state index contributed by atoms with van der Waals surface area (Å²) in [5.74, 6) is 2.37. The van der Waals surface area contributed by atoms with Crippen LogP contribution in [-0.4, -0.2) is 70.1 Å². The van der Waals surface area contributed by atoms with E-state index in [-0.39, 0.29) is 18.5 Å². The van der Waals surface area contributed by atoms with Gasteiger partial charge in [0.15, 0.2) is 6.61 Å². The number of aryl methyl sites for hydroxylation is 1. The Bertz CT molecular complexity index is 733. The second-order valence-corrected chi connectivity index (χ2v) is 5.88. The van der Waals surface area contributed by atoms with Gasteiger partial charge in [0.25, 0.3) is 5.91 Å². The van der Waals surface area contributed by atoms with Gasteiger partial charge < -0.3 is 19.9 Å². The van der Waals surface area contributed by atoms with E-state index in [0.29, 0.717) is 13.1 Å². The molecule has 9 nitrogen and oxygen atoms in total. The quantitative estimate of drug-likeness (QED) is 0.808. The van der Waals surface area contributed by atoms with Gasteiger partial charge in [0.2, 0.25) is 0 Å². The molecule has 3 rings (SSSR count). The van der Waals surface area contributed by atoms with Gasteiger partial charge in [0.1, 0.15) is 17.5 Å². The van der Waals surface area contributed by atoms with E-state index in [2.05, 4.69) is 30.2 Å². The number of anilines is 2. The van der Waals surface area contributed by atoms with Crippen molar-refractivity contribution in [2.75, 3.05) is 49.5 Å². The zero-order valence-electron chi connectivity index (χ0n) is 15.1. The molecule has 0 saturated carbocycles. The van der Waals surface area contributed by atoms with E-state index in [4.69, 9.17) is 4.74 Å². The number of hydrogen-bond donors (Lipinski definition) is 1. The van der Waals surface area contributed by atoms with Crippen LogP contribution >= 0.6 is 0 Å². The highest BCUT2D eigenvalue weighted by Crippen LogP contribution is 2.17. The molecule has 1 amide bonds. The molecule has 0 atom stereocenters. The Morgan fingerprint density at radius 3 is 2.62 bits per heavy atom. The van der Waals surface area contributed by atoms with Gasteiger partial charge in [-0.3, -0.25) is 4.79 Å². The highest BCUT2D eigenvalue weighted by molar-refractivity contribution is 5.78. The molecule has 1 fully saturated rings. The van der Waals surface area contributed by atoms with E-state index in [1.807, 2.05) is 19.9 Å². The van der Waals surface area contributed by atoms with Crippen molar-refractivity contribution < 1.29 is 9.53 Å². The number of ether oxygens (including phenoxy) is 1. The Morgan fingerprint density at radius 2 is 1.92 bits per heavy atom. The molecule has 9 heteroatoms. The molecule has 1 saturated heterocycles. The lowest BCUT2D eigenvalue weighted by atomic mass is 10.3. The summed E-state index contributed by atoms with van der Waals surface area (Å²) in [6.07, 6.45) is 3.16. The number of hydrogen-bond acceptors (Lipinski definition) is 8. The van der Waals surface area contributed by atoms with Crippen molar-refractivity contribution in [3.63, 3.8) is 0 Å². The van der Waals surface area contributed by atoms with Gasteiger partial charge >= 0.3 is 6.01 Å². The van der Waals surface area contributed by atoms with E-state index in [1.165, 1.54) is 0 Å². The van der Waals surface area contributed by atoms with Crippen LogP contribution in [0.3, 0.4) is 0 Å². The lowest BCUT2D eigenvalue weighted by Gasteiger charge is -2.35. The zero-order chi connectivity index (χ0) is 18.4. The van der Waals surface area contributed by atoms with Crippen LogP contribution in [0.2, 0.25) is 0 Å². The molecule has 0 aliphatic carbocycles. The second-order valence-electron chi connectivity index (χ2n) is 5.88. The van der Waals surface area contributed by atoms with Crippen molar-refractivity contribution in [2.24, 2.45) is 0 Å². The number of rotatable bonds is 6. The summed E-state index contributed by atoms with van der Waals surface area (Å²) in [6.45, 7) is 7.35. The smallest absolute Gasteiger partial charge is 0.316 e. The minimum absolute atomic E-state index is 0.0544. The van der Waals surface area contributed by atoms with Gasteiger partial charge in [-0.15, -0.1) is 0 Å². The van der Waals surface area contributed by atoms with E-state index < -0.39 is 0 Å². The van der Waals surface area contributed by atoms with Gasteiger partial charge in [-0.05, 0) is 19.9 Å². The molecule has 0 spiro atoms. The largest absolute Gasteiger partial charge is 0.453 e. The van der Waals surface area contributed by atoms with Gasteiger partial charge in [0, 0.05) is 51.2 Å². The first-order valence-electron chi connectivity index (χ1n) is 8.68. The van der Waals surface area contributed by atoms with Crippen molar-refractivity contribution in [1.82, 2.24) is 24.8 Å². The van der Waals surface area contributed by atoms with Crippen LogP contribution in [0.5, 0.6) is 6.01 Å². The van der Waals surface area contributed by atoms with Crippen LogP contribution in [0.1, 0.15) is 12.7 Å². The van der Waals surface area contributed by atoms with Gasteiger partial charge in [-0.25, -0.2) is 19.9 Å². The summed E-state index contributed by atoms with van der Waals surface area (Å²) in [6, 6.07) is 3.86. The van der Waals surface area contributed by atoms with E-state index >= 15 is 0 Å². The first-order valence-corrected chi connectivity index (χ1v) is 8.68. The summed E-state index contributed by atoms with van der Waals surface area (Å²) in [5, 5.41) is 3.22. The molecule has 26 heavy (non-hydrogen) atoms. The SMILES string of the molecule is CCNc1cc(N2CCN(C(=O)COc3ncccn3)CC2)nc(C)n1. The maximum absolute atomic E-state index is 12.3. The van der Waals surface area contributed by atoms with E-state index in [1.54, 1.807) is 23.4 Å². The van der Waals surface area contributed by atoms with Crippen LogP contribution < -0.4 is 15.0 Å². The van der Waals surface area contributed by atoms with Gasteiger partial charge in [-0.2, -0.15) is 0 Å². The molecule has 1 aliphatic rings. The van der Waals surface area contributed by atoms with Crippen LogP contribution in [0.25, 0.3) is 0 Å². The summed E-state index contributed by atoms with van der Waals surface area (Å²) >= 11 is 0. The minimum Gasteiger partial charge on any atom is -0.453 e. The fourth-order valence-corrected chi connectivity index (χ4v) is 2.75. The maximum Gasteiger partial charge on any atom is 0.316 e. The summed E-state index contributed by atoms with van der Waals surface area (Å²) in [5.41, 5.74) is 0. The van der Waals surface area contributed by atoms with E-state index in [0.717, 1.165) is 37.1 Å². The molecule has 138 valence electrons. The van der Waals surface area contributed by atoms with Crippen LogP contribution in [0, 0.1) is 6.92 Å². The molecule has 0 aromatic carbocycles. The Kier molecular flexibility index (Phi) is 5.77. The predicted molar refractivity (Wildman–Crippen MR) is 97.3 cm³/mol. The standard InChI is InChI=1S/C17H23N7O2/c1-3-18-14-11-15(22-13(2)21-14)23-7-9-24(10-8-23)16(25)12-26-17-19-5-4-6-20-17/h4-6,11H,3,7-10,12H2,1-2H3,(H,18,21,22). The summed E-state index contributed by atoms with van der Waals surface area (Å²) in [7, 11) is 0. The topological polar surface area (TPSA) is 96.4 Å². The minimum atomic E-state index is -0.0655. The van der Waals surface area contributed by atoms with Crippen LogP contribution in [-0.2, 0) is 4.79 Å². The predicted octanol–water partition coefficient (Wildman–Crippen LogP) is 0.734. The first kappa shape index (κ1) is 17.8. The molecule has 0 bridgehead atoms. The third-order valence-corrected chi connectivity index (χ3v) is 4.01. The Balaban J connectivity index is 1.53. The molecule has 2 aromatic rings. The zero-order valence-corrected chi connectivity index (χ0v) is 15.1. The fourth-order valence-electron chi connectivity index (χ4n) is 2.75. The highest BCUT2D eigenvalue weighted by Gasteiger charge is 2.23. The Morgan fingerprint density at radius 1 is 1.19 bits per heavy atom. The lowest BCUT2D eigenvalue weighted by Crippen LogP contribution is -2.50. The summed E-state index contributed by atoms with van der Waals surface area (Å²) < 4.78 is 5.33. The maximum atomic E-state index is 12.3. The summed E-state index contributed by atoms with van der Waals surface area (Å²) in [4.78, 5) is 33.0. The van der Waals surface area contributed by atoms with Gasteiger partial charge in [0.05, 0.1) is 0 Å². The number of amides is 1. The average Bonchev–Trinajstić information content (AvgIpc) is 2.67. The third-order valence-electron chi connectivity index (χ3n) is 4.01. The molecule has 1 aliphatic heterocycles. The normalized spacial score (nSPS) is 14.2. The molecule has 3 heterocycles. The van der Waals surface area contributed by atoms with Crippen LogP contribution in [0.15, 0.2) is 24.5 Å². The fraction of sp³-hybridized carbons (Fsp3) is 0.471. The number of piperazine rings is 1. The molecular formula is C17H23N7O2. The van der Waals surface area contributed by atoms with Crippen molar-refractivity contribution in [3.8, 4) is 6.01 Å². The third kappa shape index (κ3) is 4.56. The van der Waals surface area contributed by atoms with Crippen molar-refractivity contribution >= 4 is 17.5 Å². The molecular weight excluding hydrogens is 334 g/mol. The van der Waals surface area contributed by atoms with Crippen molar-refractivity contribution in [2.45, 2.75) is 13.8 Å².